The van der Waals surface area contributed by atoms with Crippen LogP contribution in [0, 0.1) is 5.92 Å². The van der Waals surface area contributed by atoms with Gasteiger partial charge in [0.2, 0.25) is 0 Å². The highest BCUT2D eigenvalue weighted by molar-refractivity contribution is 7.99. The van der Waals surface area contributed by atoms with Gasteiger partial charge < -0.3 is 15.5 Å². The molecule has 0 fully saturated rings. The predicted octanol–water partition coefficient (Wildman–Crippen LogP) is 5.68. The number of hydrogen-bond acceptors (Lipinski definition) is 4. The van der Waals surface area contributed by atoms with Gasteiger partial charge in [-0.2, -0.15) is 11.8 Å². The van der Waals surface area contributed by atoms with Crippen molar-refractivity contribution in [3.05, 3.63) is 34.9 Å². The molecule has 3 N–H and O–H groups in total. The van der Waals surface area contributed by atoms with Crippen molar-refractivity contribution in [1.29, 1.82) is 0 Å². The van der Waals surface area contributed by atoms with Crippen LogP contribution in [0.15, 0.2) is 34.9 Å². The Morgan fingerprint density at radius 2 is 1.53 bits per heavy atom. The normalized spacial score (nSPS) is 14.3. The third-order valence-electron chi connectivity index (χ3n) is 4.88. The van der Waals surface area contributed by atoms with Gasteiger partial charge in [0, 0.05) is 11.5 Å². The zero-order valence-corrected chi connectivity index (χ0v) is 20.2. The Labute approximate surface area is 187 Å². The first kappa shape index (κ1) is 28.5. The number of thioether (sulfide) groups is 1. The van der Waals surface area contributed by atoms with Crippen molar-refractivity contribution in [2.24, 2.45) is 5.92 Å². The first-order valence-electron chi connectivity index (χ1n) is 10.8. The van der Waals surface area contributed by atoms with Crippen molar-refractivity contribution in [3.63, 3.8) is 0 Å². The van der Waals surface area contributed by atoms with Crippen LogP contribution in [0.2, 0.25) is 0 Å². The maximum absolute atomic E-state index is 11.4. The van der Waals surface area contributed by atoms with Crippen LogP contribution in [0.3, 0.4) is 0 Å². The smallest absolute Gasteiger partial charge is 0.321 e. The summed E-state index contributed by atoms with van der Waals surface area (Å²) in [5, 5.41) is 21.2. The number of aliphatic carboxylic acids is 2. The van der Waals surface area contributed by atoms with Crippen LogP contribution in [0.5, 0.6) is 0 Å². The number of hydrogen-bond donors (Lipinski definition) is 3. The minimum absolute atomic E-state index is 0.395. The van der Waals surface area contributed by atoms with Gasteiger partial charge in [0.15, 0.2) is 0 Å². The number of rotatable bonds is 17. The van der Waals surface area contributed by atoms with Gasteiger partial charge in [-0.05, 0) is 72.8 Å². The highest BCUT2D eigenvalue weighted by Gasteiger charge is 2.16. The van der Waals surface area contributed by atoms with E-state index in [0.29, 0.717) is 25.1 Å². The molecule has 2 unspecified atom stereocenters. The lowest BCUT2D eigenvalue weighted by atomic mass is 10.1. The first-order chi connectivity index (χ1) is 14.1. The van der Waals surface area contributed by atoms with E-state index in [0.717, 1.165) is 31.4 Å². The standard InChI is InChI=1S/C24H41NO4S/c1-18(2)9-6-10-19(3)11-7-12-20(4)14-16-30-17-22(24(28)29)25-15-8-13-21(5)23(26)27/h9,11,14,21-22,25H,6-8,10,12-13,15-17H2,1-5H3,(H,26,27)(H,28,29)/b19-11+,20-14+. The van der Waals surface area contributed by atoms with Crippen LogP contribution in [0.4, 0.5) is 0 Å². The van der Waals surface area contributed by atoms with E-state index in [1.165, 1.54) is 16.7 Å². The Bertz CT molecular complexity index is 606. The molecule has 0 aliphatic heterocycles. The second-order valence-electron chi connectivity index (χ2n) is 8.22. The summed E-state index contributed by atoms with van der Waals surface area (Å²) in [6.07, 6.45) is 12.3. The Kier molecular flexibility index (Phi) is 16.3. The van der Waals surface area contributed by atoms with Crippen LogP contribution < -0.4 is 5.32 Å². The molecular weight excluding hydrogens is 398 g/mol. The molecule has 0 spiro atoms. The quantitative estimate of drug-likeness (QED) is 0.200. The largest absolute Gasteiger partial charge is 0.481 e. The lowest BCUT2D eigenvalue weighted by molar-refractivity contribution is -0.141. The van der Waals surface area contributed by atoms with Crippen molar-refractivity contribution in [2.75, 3.05) is 18.1 Å². The summed E-state index contributed by atoms with van der Waals surface area (Å²) < 4.78 is 0. The van der Waals surface area contributed by atoms with E-state index in [-0.39, 0.29) is 0 Å². The van der Waals surface area contributed by atoms with Crippen LogP contribution in [-0.2, 0) is 9.59 Å². The maximum Gasteiger partial charge on any atom is 0.321 e. The molecule has 0 saturated carbocycles. The lowest BCUT2D eigenvalue weighted by Gasteiger charge is -2.14. The molecule has 0 rings (SSSR count). The molecule has 6 heteroatoms. The molecule has 0 saturated heterocycles. The molecule has 0 aliphatic rings. The van der Waals surface area contributed by atoms with E-state index in [9.17, 15) is 14.7 Å². The minimum atomic E-state index is -0.858. The van der Waals surface area contributed by atoms with Gasteiger partial charge in [-0.3, -0.25) is 9.59 Å². The average Bonchev–Trinajstić information content (AvgIpc) is 2.65. The molecule has 0 aromatic carbocycles. The van der Waals surface area contributed by atoms with Gasteiger partial charge in [-0.15, -0.1) is 0 Å². The van der Waals surface area contributed by atoms with E-state index in [1.807, 2.05) is 0 Å². The van der Waals surface area contributed by atoms with Gasteiger partial charge in [-0.1, -0.05) is 41.9 Å². The van der Waals surface area contributed by atoms with E-state index in [2.05, 4.69) is 51.2 Å². The Morgan fingerprint density at radius 3 is 2.10 bits per heavy atom. The van der Waals surface area contributed by atoms with E-state index < -0.39 is 23.9 Å². The number of carbonyl (C=O) groups is 2. The molecule has 30 heavy (non-hydrogen) atoms. The Balaban J connectivity index is 4.09. The fourth-order valence-electron chi connectivity index (χ4n) is 2.75. The summed E-state index contributed by atoms with van der Waals surface area (Å²) >= 11 is 1.61. The van der Waals surface area contributed by atoms with Crippen molar-refractivity contribution in [1.82, 2.24) is 5.32 Å². The zero-order chi connectivity index (χ0) is 22.9. The van der Waals surface area contributed by atoms with E-state index in [4.69, 9.17) is 5.11 Å². The molecular formula is C24H41NO4S. The van der Waals surface area contributed by atoms with Gasteiger partial charge in [0.1, 0.15) is 6.04 Å². The highest BCUT2D eigenvalue weighted by atomic mass is 32.2. The van der Waals surface area contributed by atoms with Crippen LogP contribution in [0.1, 0.15) is 73.1 Å². The first-order valence-corrected chi connectivity index (χ1v) is 12.0. The molecule has 0 radical (unpaired) electrons. The van der Waals surface area contributed by atoms with Crippen LogP contribution in [-0.4, -0.2) is 46.2 Å². The molecule has 5 nitrogen and oxygen atoms in total. The van der Waals surface area contributed by atoms with Gasteiger partial charge in [0.25, 0.3) is 0 Å². The van der Waals surface area contributed by atoms with Gasteiger partial charge >= 0.3 is 11.9 Å². The Hall–Kier alpha value is -1.53. The summed E-state index contributed by atoms with van der Waals surface area (Å²) in [7, 11) is 0. The van der Waals surface area contributed by atoms with Crippen LogP contribution >= 0.6 is 11.8 Å². The molecule has 0 aliphatic carbocycles. The van der Waals surface area contributed by atoms with Crippen molar-refractivity contribution in [2.45, 2.75) is 79.2 Å². The maximum atomic E-state index is 11.4. The minimum Gasteiger partial charge on any atom is -0.481 e. The summed E-state index contributed by atoms with van der Waals surface area (Å²) in [6.45, 7) is 10.8. The zero-order valence-electron chi connectivity index (χ0n) is 19.4. The monoisotopic (exact) mass is 439 g/mol. The fourth-order valence-corrected chi connectivity index (χ4v) is 3.79. The number of carboxylic acids is 2. The van der Waals surface area contributed by atoms with Crippen molar-refractivity contribution in [3.8, 4) is 0 Å². The predicted molar refractivity (Wildman–Crippen MR) is 128 cm³/mol. The molecule has 172 valence electrons. The van der Waals surface area contributed by atoms with E-state index in [1.54, 1.807) is 18.7 Å². The summed E-state index contributed by atoms with van der Waals surface area (Å²) in [5.74, 6) is -0.762. The second-order valence-corrected chi connectivity index (χ2v) is 9.30. The summed E-state index contributed by atoms with van der Waals surface area (Å²) in [6, 6.07) is -0.602. The molecule has 0 aromatic heterocycles. The second kappa shape index (κ2) is 17.2. The van der Waals surface area contributed by atoms with Gasteiger partial charge in [0.05, 0.1) is 5.92 Å². The Morgan fingerprint density at radius 1 is 0.933 bits per heavy atom. The highest BCUT2D eigenvalue weighted by Crippen LogP contribution is 2.13. The summed E-state index contributed by atoms with van der Waals surface area (Å²) in [4.78, 5) is 22.2. The number of carboxylic acid groups (broad SMARTS) is 2. The summed E-state index contributed by atoms with van der Waals surface area (Å²) in [5.41, 5.74) is 4.13. The van der Waals surface area contributed by atoms with Crippen molar-refractivity contribution < 1.29 is 19.8 Å². The lowest BCUT2D eigenvalue weighted by Crippen LogP contribution is -2.39. The van der Waals surface area contributed by atoms with Gasteiger partial charge in [-0.25, -0.2) is 0 Å². The molecule has 0 aromatic rings. The van der Waals surface area contributed by atoms with Crippen molar-refractivity contribution >= 4 is 23.7 Å². The molecule has 0 amide bonds. The number of allylic oxidation sites excluding steroid dienone is 5. The SMILES string of the molecule is CC(C)=CCC/C(C)=C/CC/C(C)=C/CSCC(NCCCC(C)C(=O)O)C(=O)O. The molecule has 2 atom stereocenters. The fraction of sp³-hybridized carbons (Fsp3) is 0.667. The van der Waals surface area contributed by atoms with Crippen LogP contribution in [0.25, 0.3) is 0 Å². The average molecular weight is 440 g/mol. The molecule has 0 heterocycles. The van der Waals surface area contributed by atoms with E-state index >= 15 is 0 Å². The molecule has 0 bridgehead atoms. The number of nitrogens with one attached hydrogen (secondary N) is 1. The third kappa shape index (κ3) is 16.3. The topological polar surface area (TPSA) is 86.6 Å². The third-order valence-corrected chi connectivity index (χ3v) is 5.85.